The standard InChI is InChI=1S/C10H8BrClF4N2O2S/c11-6-4(12)3-5(7(13)8(6)17)21(19,20)18-9(1-2-9)10(14,15)16/h3,18H,1-2,17H2. The summed E-state index contributed by atoms with van der Waals surface area (Å²) in [5.74, 6) is -1.36. The second-order valence-corrected chi connectivity index (χ2v) is 7.43. The first-order valence-electron chi connectivity index (χ1n) is 5.45. The first-order valence-corrected chi connectivity index (χ1v) is 8.10. The maximum atomic E-state index is 13.9. The third-order valence-corrected chi connectivity index (χ3v) is 5.98. The Morgan fingerprint density at radius 1 is 1.38 bits per heavy atom. The van der Waals surface area contributed by atoms with Crippen LogP contribution in [-0.4, -0.2) is 20.1 Å². The largest absolute Gasteiger partial charge is 0.407 e. The van der Waals surface area contributed by atoms with Gasteiger partial charge in [-0.15, -0.1) is 0 Å². The molecular formula is C10H8BrClF4N2O2S. The molecule has 0 unspecified atom stereocenters. The number of anilines is 1. The number of rotatable bonds is 3. The van der Waals surface area contributed by atoms with Crippen molar-refractivity contribution in [2.24, 2.45) is 0 Å². The van der Waals surface area contributed by atoms with Crippen LogP contribution in [0.2, 0.25) is 5.02 Å². The summed E-state index contributed by atoms with van der Waals surface area (Å²) in [6, 6.07) is 0.701. The van der Waals surface area contributed by atoms with Crippen molar-refractivity contribution in [3.05, 3.63) is 21.4 Å². The molecule has 0 aliphatic heterocycles. The van der Waals surface area contributed by atoms with Crippen LogP contribution < -0.4 is 10.5 Å². The summed E-state index contributed by atoms with van der Waals surface area (Å²) in [5, 5.41) is -0.230. The minimum atomic E-state index is -4.76. The van der Waals surface area contributed by atoms with Gasteiger partial charge >= 0.3 is 6.18 Å². The zero-order chi connectivity index (χ0) is 16.2. The van der Waals surface area contributed by atoms with Gasteiger partial charge in [0.25, 0.3) is 0 Å². The zero-order valence-corrected chi connectivity index (χ0v) is 13.2. The van der Waals surface area contributed by atoms with Crippen LogP contribution >= 0.6 is 27.5 Å². The molecule has 11 heteroatoms. The molecule has 4 nitrogen and oxygen atoms in total. The maximum Gasteiger partial charge on any atom is 0.407 e. The SMILES string of the molecule is Nc1c(F)c(S(=O)(=O)NC2(C(F)(F)F)CC2)cc(Cl)c1Br. The first kappa shape index (κ1) is 16.8. The minimum Gasteiger partial charge on any atom is -0.395 e. The maximum absolute atomic E-state index is 13.9. The van der Waals surface area contributed by atoms with Crippen LogP contribution in [0.4, 0.5) is 23.2 Å². The van der Waals surface area contributed by atoms with Crippen LogP contribution in [0.15, 0.2) is 15.4 Å². The van der Waals surface area contributed by atoms with Gasteiger partial charge in [-0.25, -0.2) is 12.8 Å². The number of alkyl halides is 3. The summed E-state index contributed by atoms with van der Waals surface area (Å²) < 4.78 is 77.7. The monoisotopic (exact) mass is 410 g/mol. The molecule has 0 heterocycles. The fourth-order valence-corrected chi connectivity index (χ4v) is 3.80. The molecule has 0 radical (unpaired) electrons. The van der Waals surface area contributed by atoms with Crippen molar-refractivity contribution >= 4 is 43.2 Å². The van der Waals surface area contributed by atoms with E-state index >= 15 is 0 Å². The van der Waals surface area contributed by atoms with E-state index in [0.717, 1.165) is 0 Å². The third-order valence-electron chi connectivity index (χ3n) is 3.07. The van der Waals surface area contributed by atoms with Crippen molar-refractivity contribution in [3.8, 4) is 0 Å². The minimum absolute atomic E-state index is 0.0717. The predicted octanol–water partition coefficient (Wildman–Crippen LogP) is 3.20. The van der Waals surface area contributed by atoms with E-state index in [-0.39, 0.29) is 9.50 Å². The summed E-state index contributed by atoms with van der Waals surface area (Å²) in [4.78, 5) is -1.02. The molecule has 21 heavy (non-hydrogen) atoms. The summed E-state index contributed by atoms with van der Waals surface area (Å²) in [5.41, 5.74) is 2.18. The van der Waals surface area contributed by atoms with E-state index in [9.17, 15) is 26.0 Å². The van der Waals surface area contributed by atoms with Gasteiger partial charge in [0.1, 0.15) is 10.4 Å². The first-order chi connectivity index (χ1) is 9.41. The Morgan fingerprint density at radius 2 is 1.90 bits per heavy atom. The quantitative estimate of drug-likeness (QED) is 0.456. The van der Waals surface area contributed by atoms with E-state index in [1.54, 1.807) is 0 Å². The van der Waals surface area contributed by atoms with Crippen molar-refractivity contribution in [3.63, 3.8) is 0 Å². The van der Waals surface area contributed by atoms with Gasteiger partial charge in [-0.05, 0) is 34.8 Å². The molecule has 0 bridgehead atoms. The topological polar surface area (TPSA) is 72.2 Å². The molecule has 2 rings (SSSR count). The Kier molecular flexibility index (Phi) is 3.97. The highest BCUT2D eigenvalue weighted by Gasteiger charge is 2.65. The molecule has 1 aromatic carbocycles. The van der Waals surface area contributed by atoms with Gasteiger partial charge in [0, 0.05) is 0 Å². The highest BCUT2D eigenvalue weighted by Crippen LogP contribution is 2.50. The summed E-state index contributed by atoms with van der Waals surface area (Å²) >= 11 is 8.51. The smallest absolute Gasteiger partial charge is 0.395 e. The molecule has 0 atom stereocenters. The van der Waals surface area contributed by atoms with Gasteiger partial charge in [0.2, 0.25) is 10.0 Å². The van der Waals surface area contributed by atoms with Crippen LogP contribution in [0.5, 0.6) is 0 Å². The molecule has 0 saturated heterocycles. The molecule has 1 aliphatic rings. The van der Waals surface area contributed by atoms with Gasteiger partial charge in [-0.1, -0.05) is 11.6 Å². The fraction of sp³-hybridized carbons (Fsp3) is 0.400. The van der Waals surface area contributed by atoms with Crippen LogP contribution in [0.3, 0.4) is 0 Å². The number of halogens is 6. The normalized spacial score (nSPS) is 17.8. The van der Waals surface area contributed by atoms with E-state index in [1.165, 1.54) is 4.72 Å². The Labute approximate surface area is 130 Å². The molecule has 0 spiro atoms. The van der Waals surface area contributed by atoms with Gasteiger partial charge in [-0.3, -0.25) is 0 Å². The van der Waals surface area contributed by atoms with Gasteiger partial charge < -0.3 is 5.73 Å². The van der Waals surface area contributed by atoms with Crippen LogP contribution in [0.1, 0.15) is 12.8 Å². The average molecular weight is 412 g/mol. The molecule has 1 aliphatic carbocycles. The number of nitrogens with two attached hydrogens (primary N) is 1. The molecule has 1 aromatic rings. The molecule has 1 saturated carbocycles. The van der Waals surface area contributed by atoms with E-state index in [2.05, 4.69) is 15.9 Å². The fourth-order valence-electron chi connectivity index (χ4n) is 1.68. The van der Waals surface area contributed by atoms with Crippen LogP contribution in [-0.2, 0) is 10.0 Å². The molecule has 118 valence electrons. The Balaban J connectivity index is 2.47. The van der Waals surface area contributed by atoms with Crippen molar-refractivity contribution in [2.75, 3.05) is 5.73 Å². The van der Waals surface area contributed by atoms with Crippen LogP contribution in [0, 0.1) is 5.82 Å². The van der Waals surface area contributed by atoms with Crippen molar-refractivity contribution < 1.29 is 26.0 Å². The highest BCUT2D eigenvalue weighted by atomic mass is 79.9. The summed E-state index contributed by atoms with van der Waals surface area (Å²) in [6.07, 6.45) is -5.57. The molecule has 0 amide bonds. The molecule has 3 N–H and O–H groups in total. The number of sulfonamides is 1. The van der Waals surface area contributed by atoms with Gasteiger partial charge in [0.15, 0.2) is 5.82 Å². The van der Waals surface area contributed by atoms with E-state index < -0.39 is 51.0 Å². The average Bonchev–Trinajstić information content (AvgIpc) is 3.10. The lowest BCUT2D eigenvalue weighted by atomic mass is 10.3. The zero-order valence-electron chi connectivity index (χ0n) is 10.1. The molecule has 0 aromatic heterocycles. The van der Waals surface area contributed by atoms with E-state index in [1.807, 2.05) is 0 Å². The number of benzene rings is 1. The molecular weight excluding hydrogens is 404 g/mol. The summed E-state index contributed by atoms with van der Waals surface area (Å²) in [6.45, 7) is 0. The molecule has 1 fully saturated rings. The van der Waals surface area contributed by atoms with Crippen LogP contribution in [0.25, 0.3) is 0 Å². The Bertz CT molecular complexity index is 704. The third kappa shape index (κ3) is 2.86. The van der Waals surface area contributed by atoms with Crippen molar-refractivity contribution in [1.82, 2.24) is 4.72 Å². The lowest BCUT2D eigenvalue weighted by Gasteiger charge is -2.21. The van der Waals surface area contributed by atoms with E-state index in [0.29, 0.717) is 6.07 Å². The number of hydrogen-bond acceptors (Lipinski definition) is 3. The summed E-state index contributed by atoms with van der Waals surface area (Å²) in [7, 11) is -4.76. The lowest BCUT2D eigenvalue weighted by molar-refractivity contribution is -0.160. The lowest BCUT2D eigenvalue weighted by Crippen LogP contribution is -2.47. The van der Waals surface area contributed by atoms with Crippen molar-refractivity contribution in [1.29, 1.82) is 0 Å². The number of hydrogen-bond donors (Lipinski definition) is 2. The Hall–Kier alpha value is -0.580. The number of nitrogens with one attached hydrogen (secondary N) is 1. The van der Waals surface area contributed by atoms with Crippen molar-refractivity contribution in [2.45, 2.75) is 29.5 Å². The van der Waals surface area contributed by atoms with Gasteiger partial charge in [-0.2, -0.15) is 17.9 Å². The number of nitrogen functional groups attached to an aromatic ring is 1. The Morgan fingerprint density at radius 3 is 2.33 bits per heavy atom. The highest BCUT2D eigenvalue weighted by molar-refractivity contribution is 9.10. The van der Waals surface area contributed by atoms with E-state index in [4.69, 9.17) is 17.3 Å². The second kappa shape index (κ2) is 4.97. The predicted molar refractivity (Wildman–Crippen MR) is 71.9 cm³/mol. The second-order valence-electron chi connectivity index (χ2n) is 4.58. The van der Waals surface area contributed by atoms with Gasteiger partial charge in [0.05, 0.1) is 15.2 Å².